The zero-order valence-electron chi connectivity index (χ0n) is 20.9. The molecule has 0 fully saturated rings. The number of imidazole rings is 1. The number of aromatic amines is 1. The second-order valence-corrected chi connectivity index (χ2v) is 9.36. The Hall–Kier alpha value is -3.88. The number of nitrogens with zero attached hydrogens (tertiary/aromatic N) is 5. The molecule has 188 valence electrons. The molecule has 0 aliphatic rings. The third-order valence-electron chi connectivity index (χ3n) is 6.27. The van der Waals surface area contributed by atoms with Crippen molar-refractivity contribution < 1.29 is 9.18 Å². The second-order valence-electron chi connectivity index (χ2n) is 9.36. The van der Waals surface area contributed by atoms with Gasteiger partial charge in [-0.15, -0.1) is 5.10 Å². The fraction of sp³-hybridized carbons (Fsp3) is 0.370. The van der Waals surface area contributed by atoms with Crippen LogP contribution in [0, 0.1) is 11.9 Å². The van der Waals surface area contributed by atoms with Gasteiger partial charge in [0.05, 0.1) is 12.2 Å². The Morgan fingerprint density at radius 1 is 1.08 bits per heavy atom. The number of nitrogens with one attached hydrogen (secondary N) is 1. The Bertz CT molecular complexity index is 1370. The van der Waals surface area contributed by atoms with Crippen LogP contribution in [0.5, 0.6) is 0 Å². The molecule has 4 rings (SSSR count). The van der Waals surface area contributed by atoms with Crippen molar-refractivity contribution in [2.75, 3.05) is 0 Å². The lowest BCUT2D eigenvalue weighted by Gasteiger charge is -2.11. The van der Waals surface area contributed by atoms with Crippen molar-refractivity contribution in [1.82, 2.24) is 29.8 Å². The predicted molar refractivity (Wildman–Crippen MR) is 136 cm³/mol. The van der Waals surface area contributed by atoms with Gasteiger partial charge in [0.1, 0.15) is 0 Å². The number of benzene rings is 2. The summed E-state index contributed by atoms with van der Waals surface area (Å²) in [6.45, 7) is 6.24. The smallest absolute Gasteiger partial charge is 0.288 e. The van der Waals surface area contributed by atoms with Gasteiger partial charge < -0.3 is 0 Å². The SMILES string of the molecule is CCCCC(=O)n1c(F)c(CCC(C)C)n(Cc2ccc(-c3ccccc3-c3nnn[nH]3)cc2)c1=O. The number of unbranched alkanes of at least 4 members (excludes halogenated alkanes) is 1. The van der Waals surface area contributed by atoms with Crippen LogP contribution in [0.2, 0.25) is 0 Å². The molecule has 0 amide bonds. The Balaban J connectivity index is 1.66. The minimum absolute atomic E-state index is 0.149. The van der Waals surface area contributed by atoms with Crippen LogP contribution < -0.4 is 5.69 Å². The minimum atomic E-state index is -0.729. The number of tetrazole rings is 1. The topological polar surface area (TPSA) is 98.5 Å². The van der Waals surface area contributed by atoms with Crippen molar-refractivity contribution in [1.29, 1.82) is 0 Å². The lowest BCUT2D eigenvalue weighted by Crippen LogP contribution is -2.30. The van der Waals surface area contributed by atoms with Gasteiger partial charge in [0, 0.05) is 12.0 Å². The van der Waals surface area contributed by atoms with Crippen molar-refractivity contribution in [3.63, 3.8) is 0 Å². The molecule has 0 saturated carbocycles. The summed E-state index contributed by atoms with van der Waals surface area (Å²) in [4.78, 5) is 25.8. The molecule has 0 spiro atoms. The van der Waals surface area contributed by atoms with E-state index in [4.69, 9.17) is 0 Å². The molecule has 0 aliphatic heterocycles. The number of carbonyl (C=O) groups excluding carboxylic acids is 1. The van der Waals surface area contributed by atoms with Crippen LogP contribution in [0.25, 0.3) is 22.5 Å². The lowest BCUT2D eigenvalue weighted by atomic mass is 9.98. The zero-order valence-corrected chi connectivity index (χ0v) is 20.9. The maximum atomic E-state index is 15.4. The van der Waals surface area contributed by atoms with Crippen molar-refractivity contribution in [2.45, 2.75) is 59.4 Å². The van der Waals surface area contributed by atoms with E-state index < -0.39 is 17.5 Å². The monoisotopic (exact) mass is 490 g/mol. The fourth-order valence-electron chi connectivity index (χ4n) is 4.23. The summed E-state index contributed by atoms with van der Waals surface area (Å²) >= 11 is 0. The Labute approximate surface area is 209 Å². The summed E-state index contributed by atoms with van der Waals surface area (Å²) in [5.74, 6) is -0.308. The predicted octanol–water partition coefficient (Wildman–Crippen LogP) is 5.10. The fourth-order valence-corrected chi connectivity index (χ4v) is 4.23. The van der Waals surface area contributed by atoms with Gasteiger partial charge in [-0.1, -0.05) is 75.7 Å². The Morgan fingerprint density at radius 3 is 2.44 bits per heavy atom. The summed E-state index contributed by atoms with van der Waals surface area (Å²) in [5.41, 5.74) is 3.29. The first kappa shape index (κ1) is 25.2. The summed E-state index contributed by atoms with van der Waals surface area (Å²) in [6.07, 6.45) is 2.67. The molecule has 0 atom stereocenters. The highest BCUT2D eigenvalue weighted by molar-refractivity contribution is 5.80. The quantitative estimate of drug-likeness (QED) is 0.333. The van der Waals surface area contributed by atoms with Crippen LogP contribution in [0.1, 0.15) is 62.5 Å². The molecule has 2 aromatic carbocycles. The van der Waals surface area contributed by atoms with Gasteiger partial charge in [0.15, 0.2) is 5.82 Å². The maximum absolute atomic E-state index is 15.4. The Morgan fingerprint density at radius 2 is 1.81 bits per heavy atom. The first-order valence-electron chi connectivity index (χ1n) is 12.4. The van der Waals surface area contributed by atoms with Gasteiger partial charge in [0.25, 0.3) is 0 Å². The molecule has 0 saturated heterocycles. The van der Waals surface area contributed by atoms with Crippen LogP contribution in [0.3, 0.4) is 0 Å². The summed E-state index contributed by atoms with van der Waals surface area (Å²) in [5, 5.41) is 14.1. The average molecular weight is 491 g/mol. The number of H-pyrrole nitrogens is 1. The Kier molecular flexibility index (Phi) is 7.87. The molecule has 0 radical (unpaired) electrons. The van der Waals surface area contributed by atoms with Crippen LogP contribution in [-0.2, 0) is 13.0 Å². The van der Waals surface area contributed by atoms with Gasteiger partial charge in [-0.25, -0.2) is 14.5 Å². The van der Waals surface area contributed by atoms with E-state index >= 15 is 4.39 Å². The highest BCUT2D eigenvalue weighted by Gasteiger charge is 2.24. The summed E-state index contributed by atoms with van der Waals surface area (Å²) in [6, 6.07) is 15.5. The van der Waals surface area contributed by atoms with Gasteiger partial charge in [-0.2, -0.15) is 4.39 Å². The van der Waals surface area contributed by atoms with E-state index in [1.54, 1.807) is 0 Å². The molecule has 36 heavy (non-hydrogen) atoms. The first-order chi connectivity index (χ1) is 17.4. The molecule has 9 heteroatoms. The van der Waals surface area contributed by atoms with E-state index in [0.29, 0.717) is 24.6 Å². The first-order valence-corrected chi connectivity index (χ1v) is 12.4. The van der Waals surface area contributed by atoms with Crippen LogP contribution in [0.4, 0.5) is 4.39 Å². The van der Waals surface area contributed by atoms with Crippen LogP contribution in [0.15, 0.2) is 53.3 Å². The van der Waals surface area contributed by atoms with Crippen molar-refractivity contribution in [3.05, 3.63) is 76.2 Å². The van der Waals surface area contributed by atoms with E-state index in [1.807, 2.05) is 55.5 Å². The zero-order chi connectivity index (χ0) is 25.7. The van der Waals surface area contributed by atoms with Gasteiger partial charge in [-0.3, -0.25) is 9.36 Å². The van der Waals surface area contributed by atoms with E-state index in [-0.39, 0.29) is 18.7 Å². The molecular formula is C27H31FN6O2. The highest BCUT2D eigenvalue weighted by Crippen LogP contribution is 2.30. The molecule has 4 aromatic rings. The largest absolute Gasteiger partial charge is 0.337 e. The summed E-state index contributed by atoms with van der Waals surface area (Å²) in [7, 11) is 0. The van der Waals surface area contributed by atoms with E-state index in [1.165, 1.54) is 4.57 Å². The van der Waals surface area contributed by atoms with Crippen LogP contribution >= 0.6 is 0 Å². The van der Waals surface area contributed by atoms with E-state index in [2.05, 4.69) is 34.5 Å². The number of hydrogen-bond donors (Lipinski definition) is 1. The number of hydrogen-bond acceptors (Lipinski definition) is 5. The van der Waals surface area contributed by atoms with Crippen molar-refractivity contribution in [3.8, 4) is 22.5 Å². The van der Waals surface area contributed by atoms with Gasteiger partial charge in [0.2, 0.25) is 11.9 Å². The van der Waals surface area contributed by atoms with E-state index in [0.717, 1.165) is 39.7 Å². The molecule has 0 unspecified atom stereocenters. The molecule has 1 N–H and O–H groups in total. The third-order valence-corrected chi connectivity index (χ3v) is 6.27. The lowest BCUT2D eigenvalue weighted by molar-refractivity contribution is 0.0880. The molecule has 8 nitrogen and oxygen atoms in total. The summed E-state index contributed by atoms with van der Waals surface area (Å²) < 4.78 is 17.5. The molecule has 0 bridgehead atoms. The normalized spacial score (nSPS) is 11.4. The minimum Gasteiger partial charge on any atom is -0.288 e. The molecule has 2 aromatic heterocycles. The molecule has 2 heterocycles. The number of carbonyl (C=O) groups is 1. The number of halogens is 1. The third kappa shape index (κ3) is 5.35. The standard InChI is InChI=1S/C27H31FN6O2/c1-4-5-10-24(35)34-25(28)23(16-11-18(2)3)33(27(34)36)17-19-12-14-20(15-13-19)21-8-6-7-9-22(21)26-29-31-32-30-26/h6-9,12-15,18H,4-5,10-11,16-17H2,1-3H3,(H,29,30,31,32). The number of aromatic nitrogens is 6. The molecule has 0 aliphatic carbocycles. The average Bonchev–Trinajstić information content (AvgIpc) is 3.49. The number of rotatable bonds is 10. The van der Waals surface area contributed by atoms with Gasteiger partial charge >= 0.3 is 5.69 Å². The second kappa shape index (κ2) is 11.2. The van der Waals surface area contributed by atoms with Gasteiger partial charge in [-0.05, 0) is 52.3 Å². The van der Waals surface area contributed by atoms with E-state index in [9.17, 15) is 9.59 Å². The van der Waals surface area contributed by atoms with Crippen molar-refractivity contribution >= 4 is 5.91 Å². The molecular weight excluding hydrogens is 459 g/mol. The highest BCUT2D eigenvalue weighted by atomic mass is 19.1. The maximum Gasteiger partial charge on any atom is 0.337 e. The van der Waals surface area contributed by atoms with Crippen molar-refractivity contribution in [2.24, 2.45) is 5.92 Å². The van der Waals surface area contributed by atoms with Crippen LogP contribution in [-0.4, -0.2) is 35.7 Å².